The minimum Gasteiger partial charge on any atom is -0.330 e. The fraction of sp³-hybridized carbons (Fsp3) is 1.00. The molecule has 2 saturated carbocycles. The normalized spacial score (nSPS) is 24.0. The predicted octanol–water partition coefficient (Wildman–Crippen LogP) is 2.94. The molecule has 1 spiro atoms. The first kappa shape index (κ1) is 10.0. The molecule has 0 heterocycles. The molecule has 72 valence electrons. The zero-order valence-electron chi connectivity index (χ0n) is 8.60. The number of rotatable bonds is 1. The molecule has 1 heteroatoms. The van der Waals surface area contributed by atoms with E-state index in [1.165, 1.54) is 12.8 Å². The number of hydrogen-bond acceptors (Lipinski definition) is 1. The van der Waals surface area contributed by atoms with Gasteiger partial charge in [0.25, 0.3) is 0 Å². The summed E-state index contributed by atoms with van der Waals surface area (Å²) < 4.78 is 0. The van der Waals surface area contributed by atoms with E-state index in [0.29, 0.717) is 5.92 Å². The fourth-order valence-electron chi connectivity index (χ4n) is 1.80. The Kier molecular flexibility index (Phi) is 3.57. The Morgan fingerprint density at radius 3 is 1.67 bits per heavy atom. The van der Waals surface area contributed by atoms with Crippen LogP contribution < -0.4 is 5.73 Å². The first-order valence-electron chi connectivity index (χ1n) is 5.39. The lowest BCUT2D eigenvalue weighted by atomic mass is 10.1. The summed E-state index contributed by atoms with van der Waals surface area (Å²) in [6.07, 6.45) is 9.31. The summed E-state index contributed by atoms with van der Waals surface area (Å²) in [4.78, 5) is 0. The number of nitrogens with two attached hydrogens (primary N) is 1. The van der Waals surface area contributed by atoms with Gasteiger partial charge >= 0.3 is 0 Å². The van der Waals surface area contributed by atoms with Crippen molar-refractivity contribution in [2.45, 2.75) is 52.4 Å². The first-order chi connectivity index (χ1) is 5.68. The standard InChI is InChI=1S/C7H12.C4H11N/c1-2-4-7(3-1)5-6-7;1-4(2)3-5/h1-6H2;4H,3,5H2,1-2H3. The Morgan fingerprint density at radius 1 is 1.08 bits per heavy atom. The first-order valence-corrected chi connectivity index (χ1v) is 5.39. The molecule has 2 rings (SSSR count). The van der Waals surface area contributed by atoms with E-state index in [1.54, 1.807) is 25.7 Å². The Morgan fingerprint density at radius 2 is 1.50 bits per heavy atom. The molecule has 0 aromatic carbocycles. The second-order valence-electron chi connectivity index (χ2n) is 4.84. The minimum atomic E-state index is 0.662. The van der Waals surface area contributed by atoms with Crippen LogP contribution in [0.15, 0.2) is 0 Å². The van der Waals surface area contributed by atoms with Crippen LogP contribution in [-0.2, 0) is 0 Å². The second-order valence-corrected chi connectivity index (χ2v) is 4.84. The van der Waals surface area contributed by atoms with Crippen LogP contribution in [-0.4, -0.2) is 6.54 Å². The summed E-state index contributed by atoms with van der Waals surface area (Å²) in [6, 6.07) is 0. The summed E-state index contributed by atoms with van der Waals surface area (Å²) >= 11 is 0. The van der Waals surface area contributed by atoms with Crippen LogP contribution in [0.1, 0.15) is 52.4 Å². The topological polar surface area (TPSA) is 26.0 Å². The van der Waals surface area contributed by atoms with Gasteiger partial charge in [-0.1, -0.05) is 26.7 Å². The van der Waals surface area contributed by atoms with Crippen molar-refractivity contribution < 1.29 is 0 Å². The molecule has 12 heavy (non-hydrogen) atoms. The average Bonchev–Trinajstić information content (AvgIpc) is 2.61. The molecule has 2 N–H and O–H groups in total. The maximum atomic E-state index is 5.17. The summed E-state index contributed by atoms with van der Waals surface area (Å²) in [7, 11) is 0. The lowest BCUT2D eigenvalue weighted by molar-refractivity contribution is 0.535. The molecule has 0 atom stereocenters. The predicted molar refractivity (Wildman–Crippen MR) is 54.0 cm³/mol. The van der Waals surface area contributed by atoms with Crippen molar-refractivity contribution in [3.05, 3.63) is 0 Å². The Labute approximate surface area is 76.7 Å². The highest BCUT2D eigenvalue weighted by atomic mass is 14.5. The minimum absolute atomic E-state index is 0.662. The van der Waals surface area contributed by atoms with E-state index in [4.69, 9.17) is 5.73 Å². The van der Waals surface area contributed by atoms with Crippen LogP contribution in [0.5, 0.6) is 0 Å². The van der Waals surface area contributed by atoms with E-state index in [0.717, 1.165) is 12.0 Å². The van der Waals surface area contributed by atoms with Crippen LogP contribution in [0.4, 0.5) is 0 Å². The van der Waals surface area contributed by atoms with E-state index in [-0.39, 0.29) is 0 Å². The molecule has 2 aliphatic rings. The molecule has 1 nitrogen and oxygen atoms in total. The van der Waals surface area contributed by atoms with Gasteiger partial charge in [-0.05, 0) is 43.6 Å². The lowest BCUT2D eigenvalue weighted by Crippen LogP contribution is -2.05. The molecule has 2 fully saturated rings. The molecule has 0 amide bonds. The number of hydrogen-bond donors (Lipinski definition) is 1. The molecule has 0 aromatic heterocycles. The van der Waals surface area contributed by atoms with Gasteiger partial charge in [0.2, 0.25) is 0 Å². The van der Waals surface area contributed by atoms with Crippen molar-refractivity contribution in [2.75, 3.05) is 6.54 Å². The van der Waals surface area contributed by atoms with Gasteiger partial charge in [0.15, 0.2) is 0 Å². The van der Waals surface area contributed by atoms with Gasteiger partial charge in [-0.2, -0.15) is 0 Å². The van der Waals surface area contributed by atoms with Gasteiger partial charge < -0.3 is 5.73 Å². The highest BCUT2D eigenvalue weighted by molar-refractivity contribution is 4.95. The molecular formula is C11H23N. The molecule has 2 aliphatic carbocycles. The Balaban J connectivity index is 0.000000130. The van der Waals surface area contributed by atoms with Gasteiger partial charge in [0.05, 0.1) is 0 Å². The summed E-state index contributed by atoms with van der Waals surface area (Å²) in [5.74, 6) is 0.662. The molecule has 0 radical (unpaired) electrons. The fourth-order valence-corrected chi connectivity index (χ4v) is 1.80. The van der Waals surface area contributed by atoms with Crippen molar-refractivity contribution in [2.24, 2.45) is 17.1 Å². The van der Waals surface area contributed by atoms with E-state index in [2.05, 4.69) is 13.8 Å². The second kappa shape index (κ2) is 4.27. The van der Waals surface area contributed by atoms with Crippen molar-refractivity contribution in [1.82, 2.24) is 0 Å². The van der Waals surface area contributed by atoms with Crippen LogP contribution in [0.2, 0.25) is 0 Å². The van der Waals surface area contributed by atoms with Crippen molar-refractivity contribution in [1.29, 1.82) is 0 Å². The monoisotopic (exact) mass is 169 g/mol. The van der Waals surface area contributed by atoms with Crippen LogP contribution in [0.25, 0.3) is 0 Å². The molecule has 0 aliphatic heterocycles. The van der Waals surface area contributed by atoms with Crippen LogP contribution >= 0.6 is 0 Å². The largest absolute Gasteiger partial charge is 0.330 e. The molecule has 0 unspecified atom stereocenters. The zero-order valence-corrected chi connectivity index (χ0v) is 8.60. The third kappa shape index (κ3) is 3.14. The smallest absolute Gasteiger partial charge is 0.00541 e. The molecule has 0 bridgehead atoms. The van der Waals surface area contributed by atoms with E-state index in [9.17, 15) is 0 Å². The maximum Gasteiger partial charge on any atom is -0.00541 e. The van der Waals surface area contributed by atoms with Gasteiger partial charge in [-0.3, -0.25) is 0 Å². The highest BCUT2D eigenvalue weighted by Crippen LogP contribution is 2.57. The summed E-state index contributed by atoms with van der Waals surface area (Å²) in [6.45, 7) is 5.00. The van der Waals surface area contributed by atoms with Crippen molar-refractivity contribution in [3.8, 4) is 0 Å². The SMILES string of the molecule is C1CCC2(C1)CC2.CC(C)CN. The molecule has 0 aromatic rings. The molecular weight excluding hydrogens is 146 g/mol. The van der Waals surface area contributed by atoms with Crippen molar-refractivity contribution >= 4 is 0 Å². The lowest BCUT2D eigenvalue weighted by Gasteiger charge is -1.97. The zero-order chi connectivity index (χ0) is 9.03. The van der Waals surface area contributed by atoms with Gasteiger partial charge in [0, 0.05) is 0 Å². The van der Waals surface area contributed by atoms with Gasteiger partial charge in [-0.15, -0.1) is 0 Å². The third-order valence-corrected chi connectivity index (χ3v) is 3.09. The highest BCUT2D eigenvalue weighted by Gasteiger charge is 2.43. The van der Waals surface area contributed by atoms with E-state index < -0.39 is 0 Å². The van der Waals surface area contributed by atoms with Gasteiger partial charge in [-0.25, -0.2) is 0 Å². The van der Waals surface area contributed by atoms with E-state index >= 15 is 0 Å². The Bertz CT molecular complexity index is 117. The van der Waals surface area contributed by atoms with Crippen molar-refractivity contribution in [3.63, 3.8) is 0 Å². The van der Waals surface area contributed by atoms with Crippen LogP contribution in [0, 0.1) is 11.3 Å². The quantitative estimate of drug-likeness (QED) is 0.641. The summed E-state index contributed by atoms with van der Waals surface area (Å²) in [5, 5.41) is 0. The molecule has 0 saturated heterocycles. The van der Waals surface area contributed by atoms with Crippen LogP contribution in [0.3, 0.4) is 0 Å². The maximum absolute atomic E-state index is 5.17. The van der Waals surface area contributed by atoms with E-state index in [1.807, 2.05) is 0 Å². The average molecular weight is 169 g/mol. The summed E-state index contributed by atoms with van der Waals surface area (Å²) in [5.41, 5.74) is 6.12. The Hall–Kier alpha value is -0.0400. The van der Waals surface area contributed by atoms with Gasteiger partial charge in [0.1, 0.15) is 0 Å². The third-order valence-electron chi connectivity index (χ3n) is 3.09.